The quantitative estimate of drug-likeness (QED) is 0.327. The summed E-state index contributed by atoms with van der Waals surface area (Å²) < 4.78 is 10.8. The summed E-state index contributed by atoms with van der Waals surface area (Å²) in [5.41, 5.74) is 2.67. The van der Waals surface area contributed by atoms with Gasteiger partial charge in [-0.25, -0.2) is 9.59 Å². The number of carbonyl (C=O) groups is 2. The molecule has 1 aromatic heterocycles. The van der Waals surface area contributed by atoms with Gasteiger partial charge in [0, 0.05) is 29.5 Å². The van der Waals surface area contributed by atoms with E-state index in [1.807, 2.05) is 12.1 Å². The van der Waals surface area contributed by atoms with Crippen LogP contribution in [0.2, 0.25) is 0 Å². The van der Waals surface area contributed by atoms with Crippen molar-refractivity contribution < 1.29 is 24.0 Å². The molecule has 0 spiro atoms. The van der Waals surface area contributed by atoms with Crippen LogP contribution in [0.15, 0.2) is 42.5 Å². The number of rotatable bonds is 4. The first-order valence-corrected chi connectivity index (χ1v) is 10.7. The van der Waals surface area contributed by atoms with Crippen LogP contribution in [0, 0.1) is 10.1 Å². The van der Waals surface area contributed by atoms with E-state index in [1.165, 1.54) is 12.1 Å². The molecule has 0 saturated carbocycles. The molecule has 1 aliphatic heterocycles. The number of nitrogens with zero attached hydrogens (tertiary/aromatic N) is 2. The van der Waals surface area contributed by atoms with E-state index >= 15 is 0 Å². The van der Waals surface area contributed by atoms with Gasteiger partial charge in [-0.1, -0.05) is 12.1 Å². The zero-order chi connectivity index (χ0) is 23.9. The third-order valence-electron chi connectivity index (χ3n) is 5.43. The number of amides is 1. The minimum absolute atomic E-state index is 0.0230. The molecule has 1 amide bonds. The van der Waals surface area contributed by atoms with Crippen molar-refractivity contribution in [2.45, 2.75) is 45.8 Å². The van der Waals surface area contributed by atoms with E-state index in [4.69, 9.17) is 9.47 Å². The van der Waals surface area contributed by atoms with Gasteiger partial charge in [0.15, 0.2) is 0 Å². The molecule has 1 N–H and O–H groups in total. The molecule has 0 fully saturated rings. The standard InChI is InChI=1S/C24H25N3O6/c1-5-32-22(28)19-12-16-17-13-21(14-6-8-15(9-7-14)27(30)31)26(23(29)33-24(2,3)4)20(17)11-10-18(16)25-19/h6-12,21,25H,5,13H2,1-4H3. The van der Waals surface area contributed by atoms with E-state index in [2.05, 4.69) is 4.98 Å². The Balaban J connectivity index is 1.80. The number of esters is 1. The van der Waals surface area contributed by atoms with Crippen LogP contribution < -0.4 is 4.90 Å². The highest BCUT2D eigenvalue weighted by molar-refractivity contribution is 6.01. The monoisotopic (exact) mass is 451 g/mol. The van der Waals surface area contributed by atoms with E-state index in [0.717, 1.165) is 22.0 Å². The molecule has 4 rings (SSSR count). The Kier molecular flexibility index (Phi) is 5.57. The highest BCUT2D eigenvalue weighted by Crippen LogP contribution is 2.44. The molecular weight excluding hydrogens is 426 g/mol. The smallest absolute Gasteiger partial charge is 0.415 e. The highest BCUT2D eigenvalue weighted by Gasteiger charge is 2.38. The van der Waals surface area contributed by atoms with Gasteiger partial charge in [-0.3, -0.25) is 15.0 Å². The summed E-state index contributed by atoms with van der Waals surface area (Å²) in [6.45, 7) is 7.39. The maximum Gasteiger partial charge on any atom is 0.415 e. The molecule has 0 saturated heterocycles. The maximum atomic E-state index is 13.2. The fraction of sp³-hybridized carbons (Fsp3) is 0.333. The number of nitro benzene ring substituents is 1. The van der Waals surface area contributed by atoms with Crippen LogP contribution in [0.25, 0.3) is 10.9 Å². The lowest BCUT2D eigenvalue weighted by Gasteiger charge is -2.29. The normalized spacial score (nSPS) is 15.4. The molecule has 0 radical (unpaired) electrons. The number of nitro groups is 1. The molecule has 9 heteroatoms. The molecule has 3 aromatic rings. The van der Waals surface area contributed by atoms with Gasteiger partial charge in [-0.15, -0.1) is 0 Å². The van der Waals surface area contributed by atoms with Crippen LogP contribution in [0.1, 0.15) is 55.4 Å². The lowest BCUT2D eigenvalue weighted by atomic mass is 10.00. The number of ether oxygens (including phenoxy) is 2. The molecule has 172 valence electrons. The third kappa shape index (κ3) is 4.26. The molecule has 1 atom stereocenters. The number of carbonyl (C=O) groups excluding carboxylic acids is 2. The number of nitrogens with one attached hydrogen (secondary N) is 1. The summed E-state index contributed by atoms with van der Waals surface area (Å²) in [6.07, 6.45) is -0.0470. The topological polar surface area (TPSA) is 115 Å². The van der Waals surface area contributed by atoms with E-state index in [-0.39, 0.29) is 12.3 Å². The number of H-pyrrole nitrogens is 1. The number of hydrogen-bond acceptors (Lipinski definition) is 6. The number of non-ortho nitro benzene ring substituents is 1. The lowest BCUT2D eigenvalue weighted by Crippen LogP contribution is -2.37. The molecule has 33 heavy (non-hydrogen) atoms. The van der Waals surface area contributed by atoms with Crippen LogP contribution >= 0.6 is 0 Å². The lowest BCUT2D eigenvalue weighted by molar-refractivity contribution is -0.384. The van der Waals surface area contributed by atoms with Crippen molar-refractivity contribution in [1.82, 2.24) is 4.98 Å². The average Bonchev–Trinajstić information content (AvgIpc) is 3.34. The van der Waals surface area contributed by atoms with E-state index in [9.17, 15) is 19.7 Å². The van der Waals surface area contributed by atoms with Crippen molar-refractivity contribution in [2.75, 3.05) is 11.5 Å². The summed E-state index contributed by atoms with van der Waals surface area (Å²) in [4.78, 5) is 40.7. The Hall–Kier alpha value is -3.88. The Morgan fingerprint density at radius 1 is 1.18 bits per heavy atom. The van der Waals surface area contributed by atoms with Gasteiger partial charge in [-0.2, -0.15) is 0 Å². The molecule has 1 unspecified atom stereocenters. The second kappa shape index (κ2) is 8.23. The predicted octanol–water partition coefficient (Wildman–Crippen LogP) is 5.29. The summed E-state index contributed by atoms with van der Waals surface area (Å²) in [5, 5.41) is 11.9. The Labute approximate surface area is 190 Å². The van der Waals surface area contributed by atoms with Crippen LogP contribution in [0.5, 0.6) is 0 Å². The second-order valence-electron chi connectivity index (χ2n) is 8.85. The fourth-order valence-corrected chi connectivity index (χ4v) is 4.09. The van der Waals surface area contributed by atoms with Crippen LogP contribution in [-0.4, -0.2) is 34.2 Å². The van der Waals surface area contributed by atoms with Crippen molar-refractivity contribution in [3.63, 3.8) is 0 Å². The number of hydrogen-bond donors (Lipinski definition) is 1. The molecule has 2 heterocycles. The molecule has 9 nitrogen and oxygen atoms in total. The number of aromatic amines is 1. The van der Waals surface area contributed by atoms with Gasteiger partial charge in [0.25, 0.3) is 5.69 Å². The van der Waals surface area contributed by atoms with Crippen molar-refractivity contribution >= 4 is 34.3 Å². The minimum Gasteiger partial charge on any atom is -0.461 e. The van der Waals surface area contributed by atoms with Crippen molar-refractivity contribution in [1.29, 1.82) is 0 Å². The van der Waals surface area contributed by atoms with Crippen LogP contribution in [0.4, 0.5) is 16.2 Å². The number of fused-ring (bicyclic) bond motifs is 3. The number of benzene rings is 2. The highest BCUT2D eigenvalue weighted by atomic mass is 16.6. The predicted molar refractivity (Wildman–Crippen MR) is 123 cm³/mol. The van der Waals surface area contributed by atoms with Crippen molar-refractivity contribution in [3.05, 3.63) is 69.4 Å². The van der Waals surface area contributed by atoms with E-state index in [0.29, 0.717) is 17.8 Å². The molecule has 0 aliphatic carbocycles. The zero-order valence-corrected chi connectivity index (χ0v) is 18.9. The van der Waals surface area contributed by atoms with Crippen molar-refractivity contribution in [2.24, 2.45) is 0 Å². The summed E-state index contributed by atoms with van der Waals surface area (Å²) in [7, 11) is 0. The van der Waals surface area contributed by atoms with Crippen molar-refractivity contribution in [3.8, 4) is 0 Å². The zero-order valence-electron chi connectivity index (χ0n) is 18.9. The van der Waals surface area contributed by atoms with Gasteiger partial charge >= 0.3 is 12.1 Å². The number of anilines is 1. The fourth-order valence-electron chi connectivity index (χ4n) is 4.09. The molecule has 0 bridgehead atoms. The third-order valence-corrected chi connectivity index (χ3v) is 5.43. The largest absolute Gasteiger partial charge is 0.461 e. The first kappa shape index (κ1) is 22.3. The summed E-state index contributed by atoms with van der Waals surface area (Å²) in [5.74, 6) is -0.448. The first-order chi connectivity index (χ1) is 15.6. The van der Waals surface area contributed by atoms with Gasteiger partial charge in [0.05, 0.1) is 23.3 Å². The van der Waals surface area contributed by atoms with E-state index in [1.54, 1.807) is 50.8 Å². The average molecular weight is 451 g/mol. The minimum atomic E-state index is -0.699. The molecular formula is C24H25N3O6. The SMILES string of the molecule is CCOC(=O)c1cc2c3c(ccc2[nH]1)N(C(=O)OC(C)(C)C)C(c1ccc([N+](=O)[O-])cc1)C3. The van der Waals surface area contributed by atoms with Crippen LogP contribution in [-0.2, 0) is 15.9 Å². The first-order valence-electron chi connectivity index (χ1n) is 10.7. The summed E-state index contributed by atoms with van der Waals surface area (Å²) >= 11 is 0. The van der Waals surface area contributed by atoms with E-state index < -0.39 is 28.6 Å². The summed E-state index contributed by atoms with van der Waals surface area (Å²) in [6, 6.07) is 11.1. The second-order valence-corrected chi connectivity index (χ2v) is 8.85. The van der Waals surface area contributed by atoms with Gasteiger partial charge in [0.1, 0.15) is 11.3 Å². The Morgan fingerprint density at radius 3 is 2.48 bits per heavy atom. The van der Waals surface area contributed by atoms with Gasteiger partial charge in [-0.05, 0) is 57.0 Å². The maximum absolute atomic E-state index is 13.2. The molecule has 2 aromatic carbocycles. The Bertz CT molecular complexity index is 1240. The Morgan fingerprint density at radius 2 is 1.88 bits per heavy atom. The van der Waals surface area contributed by atoms with Crippen LogP contribution in [0.3, 0.4) is 0 Å². The molecule has 1 aliphatic rings. The number of aromatic nitrogens is 1. The van der Waals surface area contributed by atoms with Gasteiger partial charge < -0.3 is 14.5 Å². The van der Waals surface area contributed by atoms with Gasteiger partial charge in [0.2, 0.25) is 0 Å².